The van der Waals surface area contributed by atoms with Crippen LogP contribution in [0.5, 0.6) is 0 Å². The van der Waals surface area contributed by atoms with Gasteiger partial charge in [0.1, 0.15) is 11.6 Å². The molecule has 0 saturated heterocycles. The zero-order valence-electron chi connectivity index (χ0n) is 15.2. The van der Waals surface area contributed by atoms with Crippen LogP contribution in [0.25, 0.3) is 0 Å². The molecule has 148 valence electrons. The highest BCUT2D eigenvalue weighted by molar-refractivity contribution is 6.36. The minimum Gasteiger partial charge on any atom is -0.326 e. The molecule has 0 aliphatic carbocycles. The lowest BCUT2D eigenvalue weighted by Crippen LogP contribution is -2.24. The van der Waals surface area contributed by atoms with Gasteiger partial charge < -0.3 is 5.32 Å². The Morgan fingerprint density at radius 3 is 2.52 bits per heavy atom. The van der Waals surface area contributed by atoms with Crippen molar-refractivity contribution in [3.05, 3.63) is 76.4 Å². The van der Waals surface area contributed by atoms with Gasteiger partial charge in [0, 0.05) is 41.0 Å². The third-order valence-electron chi connectivity index (χ3n) is 3.92. The lowest BCUT2D eigenvalue weighted by molar-refractivity contribution is -0.116. The summed E-state index contributed by atoms with van der Waals surface area (Å²) in [5, 5.41) is 3.50. The van der Waals surface area contributed by atoms with Crippen molar-refractivity contribution in [3.63, 3.8) is 0 Å². The van der Waals surface area contributed by atoms with Crippen molar-refractivity contribution in [2.45, 2.75) is 13.3 Å². The SMILES string of the molecule is CC(=O)N(c1cncc(F)c1)c1cc(NC(=O)Cc2c(Cl)cccc2Cl)ccn1. The minimum absolute atomic E-state index is 0.0274. The summed E-state index contributed by atoms with van der Waals surface area (Å²) in [6.45, 7) is 1.32. The van der Waals surface area contributed by atoms with Gasteiger partial charge in [-0.15, -0.1) is 0 Å². The number of nitrogens with one attached hydrogen (secondary N) is 1. The largest absolute Gasteiger partial charge is 0.326 e. The van der Waals surface area contributed by atoms with E-state index in [1.807, 2.05) is 0 Å². The highest BCUT2D eigenvalue weighted by Crippen LogP contribution is 2.27. The fourth-order valence-electron chi connectivity index (χ4n) is 2.68. The van der Waals surface area contributed by atoms with Crippen molar-refractivity contribution in [1.29, 1.82) is 0 Å². The molecule has 6 nitrogen and oxygen atoms in total. The van der Waals surface area contributed by atoms with Crippen molar-refractivity contribution >= 4 is 52.2 Å². The first-order valence-corrected chi connectivity index (χ1v) is 9.21. The number of aromatic nitrogens is 2. The highest BCUT2D eigenvalue weighted by Gasteiger charge is 2.18. The molecule has 1 aromatic carbocycles. The Labute approximate surface area is 176 Å². The molecule has 2 amide bonds. The summed E-state index contributed by atoms with van der Waals surface area (Å²) in [5.74, 6) is -1.12. The summed E-state index contributed by atoms with van der Waals surface area (Å²) in [5.41, 5.74) is 1.13. The Kier molecular flexibility index (Phi) is 6.41. The summed E-state index contributed by atoms with van der Waals surface area (Å²) in [7, 11) is 0. The van der Waals surface area contributed by atoms with E-state index in [4.69, 9.17) is 23.2 Å². The van der Waals surface area contributed by atoms with Gasteiger partial charge in [-0.05, 0) is 23.8 Å². The molecule has 0 atom stereocenters. The summed E-state index contributed by atoms with van der Waals surface area (Å²) in [6.07, 6.45) is 3.78. The second-order valence-electron chi connectivity index (χ2n) is 6.04. The topological polar surface area (TPSA) is 75.2 Å². The molecule has 1 N–H and O–H groups in total. The molecule has 0 bridgehead atoms. The fraction of sp³-hybridized carbons (Fsp3) is 0.100. The van der Waals surface area contributed by atoms with Crippen LogP contribution in [0.3, 0.4) is 0 Å². The van der Waals surface area contributed by atoms with Crippen LogP contribution >= 0.6 is 23.2 Å². The molecule has 0 aliphatic heterocycles. The molecule has 0 spiro atoms. The first-order chi connectivity index (χ1) is 13.8. The van der Waals surface area contributed by atoms with E-state index < -0.39 is 11.7 Å². The predicted octanol–water partition coefficient (Wildman–Crippen LogP) is 4.79. The van der Waals surface area contributed by atoms with Gasteiger partial charge in [-0.1, -0.05) is 29.3 Å². The number of anilines is 3. The van der Waals surface area contributed by atoms with Gasteiger partial charge >= 0.3 is 0 Å². The molecule has 3 rings (SSSR count). The maximum atomic E-state index is 13.5. The van der Waals surface area contributed by atoms with Crippen LogP contribution < -0.4 is 10.2 Å². The average Bonchev–Trinajstić information content (AvgIpc) is 2.65. The van der Waals surface area contributed by atoms with Gasteiger partial charge in [0.05, 0.1) is 24.5 Å². The van der Waals surface area contributed by atoms with Crippen molar-refractivity contribution in [2.24, 2.45) is 0 Å². The number of rotatable bonds is 5. The van der Waals surface area contributed by atoms with Gasteiger partial charge in [-0.2, -0.15) is 0 Å². The monoisotopic (exact) mass is 432 g/mol. The van der Waals surface area contributed by atoms with Crippen LogP contribution in [0.4, 0.5) is 21.6 Å². The second-order valence-corrected chi connectivity index (χ2v) is 6.86. The van der Waals surface area contributed by atoms with E-state index in [1.54, 1.807) is 24.3 Å². The van der Waals surface area contributed by atoms with Crippen molar-refractivity contribution < 1.29 is 14.0 Å². The number of pyridine rings is 2. The van der Waals surface area contributed by atoms with Gasteiger partial charge in [-0.3, -0.25) is 19.5 Å². The molecule has 0 aliphatic rings. The number of benzene rings is 1. The summed E-state index contributed by atoms with van der Waals surface area (Å²) >= 11 is 12.2. The van der Waals surface area contributed by atoms with E-state index in [9.17, 15) is 14.0 Å². The van der Waals surface area contributed by atoms with Gasteiger partial charge in [0.2, 0.25) is 11.8 Å². The average molecular weight is 433 g/mol. The first-order valence-electron chi connectivity index (χ1n) is 8.45. The lowest BCUT2D eigenvalue weighted by Gasteiger charge is -2.20. The Morgan fingerprint density at radius 2 is 1.86 bits per heavy atom. The van der Waals surface area contributed by atoms with Crippen LogP contribution in [-0.4, -0.2) is 21.8 Å². The molecule has 0 radical (unpaired) electrons. The number of carbonyl (C=O) groups excluding carboxylic acids is 2. The molecular formula is C20H15Cl2FN4O2. The quantitative estimate of drug-likeness (QED) is 0.628. The maximum Gasteiger partial charge on any atom is 0.229 e. The van der Waals surface area contributed by atoms with E-state index in [2.05, 4.69) is 15.3 Å². The smallest absolute Gasteiger partial charge is 0.229 e. The Balaban J connectivity index is 1.83. The fourth-order valence-corrected chi connectivity index (χ4v) is 3.21. The normalized spacial score (nSPS) is 10.5. The molecule has 2 heterocycles. The van der Waals surface area contributed by atoms with E-state index >= 15 is 0 Å². The standard InChI is InChI=1S/C20H15Cl2FN4O2/c1-12(28)27(15-7-13(23)10-24-11-15)19-8-14(5-6-25-19)26-20(29)9-16-17(21)3-2-4-18(16)22/h2-8,10-11H,9H2,1H3,(H,25,26,29). The zero-order valence-corrected chi connectivity index (χ0v) is 16.7. The minimum atomic E-state index is -0.588. The summed E-state index contributed by atoms with van der Waals surface area (Å²) in [6, 6.07) is 9.23. The molecule has 2 aromatic heterocycles. The maximum absolute atomic E-state index is 13.5. The zero-order chi connectivity index (χ0) is 21.0. The molecule has 0 fully saturated rings. The Morgan fingerprint density at radius 1 is 1.14 bits per heavy atom. The van der Waals surface area contributed by atoms with Crippen LogP contribution in [0, 0.1) is 5.82 Å². The molecule has 29 heavy (non-hydrogen) atoms. The van der Waals surface area contributed by atoms with Crippen LogP contribution in [0.15, 0.2) is 55.0 Å². The number of halogens is 3. The Bertz CT molecular complexity index is 1060. The van der Waals surface area contributed by atoms with Crippen LogP contribution in [0.2, 0.25) is 10.0 Å². The molecule has 0 saturated carbocycles. The number of hydrogen-bond acceptors (Lipinski definition) is 4. The van der Waals surface area contributed by atoms with Crippen LogP contribution in [0.1, 0.15) is 12.5 Å². The third kappa shape index (κ3) is 5.07. The van der Waals surface area contributed by atoms with Crippen molar-refractivity contribution in [2.75, 3.05) is 10.2 Å². The summed E-state index contributed by atoms with van der Waals surface area (Å²) < 4.78 is 13.5. The van der Waals surface area contributed by atoms with E-state index in [0.717, 1.165) is 6.20 Å². The van der Waals surface area contributed by atoms with Crippen molar-refractivity contribution in [1.82, 2.24) is 9.97 Å². The second kappa shape index (κ2) is 8.98. The molecular weight excluding hydrogens is 418 g/mol. The molecule has 0 unspecified atom stereocenters. The Hall–Kier alpha value is -3.03. The van der Waals surface area contributed by atoms with Crippen molar-refractivity contribution in [3.8, 4) is 0 Å². The third-order valence-corrected chi connectivity index (χ3v) is 4.63. The summed E-state index contributed by atoms with van der Waals surface area (Å²) in [4.78, 5) is 33.6. The molecule has 9 heteroatoms. The predicted molar refractivity (Wildman–Crippen MR) is 110 cm³/mol. The van der Waals surface area contributed by atoms with E-state index in [0.29, 0.717) is 21.3 Å². The van der Waals surface area contributed by atoms with E-state index in [1.165, 1.54) is 36.4 Å². The highest BCUT2D eigenvalue weighted by atomic mass is 35.5. The van der Waals surface area contributed by atoms with Gasteiger partial charge in [0.25, 0.3) is 0 Å². The first kappa shape index (κ1) is 20.7. The number of carbonyl (C=O) groups is 2. The molecule has 3 aromatic rings. The number of hydrogen-bond donors (Lipinski definition) is 1. The van der Waals surface area contributed by atoms with Gasteiger partial charge in [-0.25, -0.2) is 9.37 Å². The van der Waals surface area contributed by atoms with Gasteiger partial charge in [0.15, 0.2) is 0 Å². The van der Waals surface area contributed by atoms with E-state index in [-0.39, 0.29) is 23.8 Å². The van der Waals surface area contributed by atoms with Crippen LogP contribution in [-0.2, 0) is 16.0 Å². The lowest BCUT2D eigenvalue weighted by atomic mass is 10.1. The number of amides is 2. The number of nitrogens with zero attached hydrogens (tertiary/aromatic N) is 3.